The van der Waals surface area contributed by atoms with Gasteiger partial charge in [0.2, 0.25) is 0 Å². The fourth-order valence-corrected chi connectivity index (χ4v) is 3.21. The molecule has 0 radical (unpaired) electrons. The molecular formula is C12H17ClN2OS. The Hall–Kier alpha value is -0.580. The van der Waals surface area contributed by atoms with Gasteiger partial charge >= 0.3 is 0 Å². The Labute approximate surface area is 111 Å². The highest BCUT2D eigenvalue weighted by molar-refractivity contribution is 7.17. The molecule has 1 saturated heterocycles. The molecule has 0 bridgehead atoms. The van der Waals surface area contributed by atoms with Crippen LogP contribution in [-0.2, 0) is 0 Å². The number of amides is 1. The second-order valence-electron chi connectivity index (χ2n) is 4.61. The molecule has 5 heteroatoms. The van der Waals surface area contributed by atoms with Gasteiger partial charge in [-0.15, -0.1) is 11.3 Å². The number of halogens is 1. The Bertz CT molecular complexity index is 397. The molecule has 2 N–H and O–H groups in total. The summed E-state index contributed by atoms with van der Waals surface area (Å²) in [7, 11) is 0. The summed E-state index contributed by atoms with van der Waals surface area (Å²) in [6.07, 6.45) is 1.10. The quantitative estimate of drug-likeness (QED) is 0.869. The third-order valence-electron chi connectivity index (χ3n) is 3.31. The lowest BCUT2D eigenvalue weighted by atomic mass is 9.89. The monoisotopic (exact) mass is 272 g/mol. The van der Waals surface area contributed by atoms with Gasteiger partial charge in [0.15, 0.2) is 0 Å². The van der Waals surface area contributed by atoms with Gasteiger partial charge in [-0.05, 0) is 37.9 Å². The van der Waals surface area contributed by atoms with Crippen molar-refractivity contribution in [3.63, 3.8) is 0 Å². The summed E-state index contributed by atoms with van der Waals surface area (Å²) in [4.78, 5) is 12.7. The van der Waals surface area contributed by atoms with Crippen LogP contribution in [0, 0.1) is 5.92 Å². The van der Waals surface area contributed by atoms with Crippen molar-refractivity contribution in [3.05, 3.63) is 21.3 Å². The topological polar surface area (TPSA) is 41.1 Å². The van der Waals surface area contributed by atoms with Crippen LogP contribution in [0.1, 0.15) is 29.9 Å². The van der Waals surface area contributed by atoms with Crippen LogP contribution in [0.25, 0.3) is 0 Å². The molecule has 1 aromatic rings. The minimum absolute atomic E-state index is 0.0192. The Morgan fingerprint density at radius 1 is 1.53 bits per heavy atom. The zero-order chi connectivity index (χ0) is 12.4. The maximum atomic E-state index is 12.0. The van der Waals surface area contributed by atoms with Crippen LogP contribution >= 0.6 is 22.9 Å². The number of carbonyl (C=O) groups excluding carboxylic acids is 1. The molecule has 2 rings (SSSR count). The average molecular weight is 273 g/mol. The smallest absolute Gasteiger partial charge is 0.261 e. The van der Waals surface area contributed by atoms with Gasteiger partial charge in [-0.3, -0.25) is 4.79 Å². The third kappa shape index (κ3) is 3.00. The predicted octanol–water partition coefficient (Wildman–Crippen LogP) is 2.52. The number of rotatable bonds is 2. The zero-order valence-corrected chi connectivity index (χ0v) is 11.6. The van der Waals surface area contributed by atoms with Crippen molar-refractivity contribution in [2.24, 2.45) is 5.92 Å². The highest BCUT2D eigenvalue weighted by Gasteiger charge is 2.29. The summed E-state index contributed by atoms with van der Waals surface area (Å²) in [5.41, 5.74) is 0. The van der Waals surface area contributed by atoms with Crippen LogP contribution in [0.5, 0.6) is 0 Å². The van der Waals surface area contributed by atoms with Gasteiger partial charge in [-0.1, -0.05) is 18.5 Å². The summed E-state index contributed by atoms with van der Waals surface area (Å²) in [6, 6.07) is 4.04. The molecule has 94 valence electrons. The lowest BCUT2D eigenvalue weighted by Crippen LogP contribution is -2.55. The van der Waals surface area contributed by atoms with Gasteiger partial charge in [0.1, 0.15) is 0 Å². The summed E-state index contributed by atoms with van der Waals surface area (Å²) >= 11 is 7.15. The van der Waals surface area contributed by atoms with Crippen molar-refractivity contribution < 1.29 is 4.79 Å². The van der Waals surface area contributed by atoms with Crippen LogP contribution in [0.3, 0.4) is 0 Å². The summed E-state index contributed by atoms with van der Waals surface area (Å²) < 4.78 is 0.651. The molecule has 3 atom stereocenters. The molecular weight excluding hydrogens is 256 g/mol. The number of nitrogens with one attached hydrogen (secondary N) is 2. The first-order chi connectivity index (χ1) is 8.08. The number of hydrogen-bond acceptors (Lipinski definition) is 3. The second kappa shape index (κ2) is 5.38. The Morgan fingerprint density at radius 2 is 2.29 bits per heavy atom. The lowest BCUT2D eigenvalue weighted by Gasteiger charge is -2.35. The van der Waals surface area contributed by atoms with E-state index in [9.17, 15) is 4.79 Å². The Morgan fingerprint density at radius 3 is 2.88 bits per heavy atom. The minimum Gasteiger partial charge on any atom is -0.347 e. The van der Waals surface area contributed by atoms with Crippen LogP contribution in [0.2, 0.25) is 4.34 Å². The molecule has 1 amide bonds. The minimum atomic E-state index is -0.0192. The first-order valence-electron chi connectivity index (χ1n) is 5.87. The predicted molar refractivity (Wildman–Crippen MR) is 71.8 cm³/mol. The van der Waals surface area contributed by atoms with Gasteiger partial charge in [0, 0.05) is 12.1 Å². The molecule has 1 aromatic heterocycles. The number of piperidine rings is 1. The molecule has 1 aliphatic heterocycles. The van der Waals surface area contributed by atoms with E-state index in [1.165, 1.54) is 11.3 Å². The average Bonchev–Trinajstić information content (AvgIpc) is 2.70. The largest absolute Gasteiger partial charge is 0.347 e. The first kappa shape index (κ1) is 12.9. The van der Waals surface area contributed by atoms with E-state index in [1.807, 2.05) is 0 Å². The maximum Gasteiger partial charge on any atom is 0.261 e. The highest BCUT2D eigenvalue weighted by Crippen LogP contribution is 2.22. The van der Waals surface area contributed by atoms with Crippen molar-refractivity contribution in [1.29, 1.82) is 0 Å². The molecule has 2 heterocycles. The van der Waals surface area contributed by atoms with E-state index in [0.29, 0.717) is 21.2 Å². The van der Waals surface area contributed by atoms with E-state index in [1.54, 1.807) is 12.1 Å². The van der Waals surface area contributed by atoms with Crippen LogP contribution < -0.4 is 10.6 Å². The molecule has 1 fully saturated rings. The third-order valence-corrected chi connectivity index (χ3v) is 4.54. The van der Waals surface area contributed by atoms with Crippen molar-refractivity contribution in [2.75, 3.05) is 6.54 Å². The van der Waals surface area contributed by atoms with Gasteiger partial charge in [-0.25, -0.2) is 0 Å². The zero-order valence-electron chi connectivity index (χ0n) is 10.00. The van der Waals surface area contributed by atoms with Gasteiger partial charge in [-0.2, -0.15) is 0 Å². The molecule has 0 spiro atoms. The first-order valence-corrected chi connectivity index (χ1v) is 7.07. The molecule has 0 aliphatic carbocycles. The molecule has 3 unspecified atom stereocenters. The molecule has 0 aromatic carbocycles. The lowest BCUT2D eigenvalue weighted by molar-refractivity contribution is 0.0902. The summed E-state index contributed by atoms with van der Waals surface area (Å²) in [5, 5.41) is 6.49. The number of hydrogen-bond donors (Lipinski definition) is 2. The highest BCUT2D eigenvalue weighted by atomic mass is 35.5. The summed E-state index contributed by atoms with van der Waals surface area (Å²) in [5.74, 6) is 0.486. The van der Waals surface area contributed by atoms with Crippen LogP contribution in [0.15, 0.2) is 12.1 Å². The SMILES string of the molecule is CC1CCNC(C)C1NC(=O)c1ccc(Cl)s1. The van der Waals surface area contributed by atoms with Gasteiger partial charge in [0.25, 0.3) is 5.91 Å². The van der Waals surface area contributed by atoms with Crippen molar-refractivity contribution >= 4 is 28.8 Å². The fraction of sp³-hybridized carbons (Fsp3) is 0.583. The molecule has 3 nitrogen and oxygen atoms in total. The Balaban J connectivity index is 2.02. The van der Waals surface area contributed by atoms with Crippen LogP contribution in [0.4, 0.5) is 0 Å². The van der Waals surface area contributed by atoms with Gasteiger partial charge in [0.05, 0.1) is 9.21 Å². The van der Waals surface area contributed by atoms with E-state index in [2.05, 4.69) is 24.5 Å². The van der Waals surface area contributed by atoms with E-state index < -0.39 is 0 Å². The summed E-state index contributed by atoms with van der Waals surface area (Å²) in [6.45, 7) is 5.32. The number of carbonyl (C=O) groups is 1. The van der Waals surface area contributed by atoms with Crippen LogP contribution in [-0.4, -0.2) is 24.5 Å². The van der Waals surface area contributed by atoms with Crippen molar-refractivity contribution in [1.82, 2.24) is 10.6 Å². The number of thiophene rings is 1. The normalized spacial score (nSPS) is 29.0. The van der Waals surface area contributed by atoms with Crippen molar-refractivity contribution in [3.8, 4) is 0 Å². The standard InChI is InChI=1S/C12H17ClN2OS/c1-7-5-6-14-8(2)11(7)15-12(16)9-3-4-10(13)17-9/h3-4,7-8,11,14H,5-6H2,1-2H3,(H,15,16). The van der Waals surface area contributed by atoms with E-state index in [-0.39, 0.29) is 11.9 Å². The Kier molecular flexibility index (Phi) is 4.07. The van der Waals surface area contributed by atoms with Crippen molar-refractivity contribution in [2.45, 2.75) is 32.4 Å². The van der Waals surface area contributed by atoms with E-state index >= 15 is 0 Å². The van der Waals surface area contributed by atoms with E-state index in [0.717, 1.165) is 13.0 Å². The van der Waals surface area contributed by atoms with E-state index in [4.69, 9.17) is 11.6 Å². The maximum absolute atomic E-state index is 12.0. The fourth-order valence-electron chi connectivity index (χ4n) is 2.26. The second-order valence-corrected chi connectivity index (χ2v) is 6.33. The molecule has 1 aliphatic rings. The molecule has 17 heavy (non-hydrogen) atoms. The molecule has 0 saturated carbocycles. The van der Waals surface area contributed by atoms with Gasteiger partial charge < -0.3 is 10.6 Å².